The van der Waals surface area contributed by atoms with E-state index in [1.807, 2.05) is 34.1 Å². The molecule has 1 atom stereocenters. The fourth-order valence-corrected chi connectivity index (χ4v) is 4.55. The molecule has 30 heavy (non-hydrogen) atoms. The van der Waals surface area contributed by atoms with Crippen LogP contribution >= 0.6 is 12.2 Å². The van der Waals surface area contributed by atoms with Crippen LogP contribution in [0.5, 0.6) is 0 Å². The molecule has 1 aromatic heterocycles. The lowest BCUT2D eigenvalue weighted by atomic mass is 9.89. The van der Waals surface area contributed by atoms with Crippen LogP contribution in [0.3, 0.4) is 0 Å². The van der Waals surface area contributed by atoms with Crippen LogP contribution in [0.1, 0.15) is 22.7 Å². The van der Waals surface area contributed by atoms with Crippen molar-refractivity contribution in [2.24, 2.45) is 0 Å². The molecular weight excluding hydrogens is 396 g/mol. The van der Waals surface area contributed by atoms with Crippen LogP contribution < -0.4 is 5.32 Å². The molecule has 6 nitrogen and oxygen atoms in total. The fraction of sp³-hybridized carbons (Fsp3) is 0.261. The summed E-state index contributed by atoms with van der Waals surface area (Å²) >= 11 is 5.65. The van der Waals surface area contributed by atoms with Crippen molar-refractivity contribution in [3.63, 3.8) is 0 Å². The Balaban J connectivity index is 1.32. The van der Waals surface area contributed by atoms with E-state index in [1.165, 1.54) is 23.1 Å². The third-order valence-corrected chi connectivity index (χ3v) is 6.20. The van der Waals surface area contributed by atoms with Gasteiger partial charge in [-0.05, 0) is 61.0 Å². The van der Waals surface area contributed by atoms with Gasteiger partial charge in [0, 0.05) is 24.3 Å². The summed E-state index contributed by atoms with van der Waals surface area (Å²) in [5, 5.41) is 3.84. The number of rotatable bonds is 2. The molecule has 0 aliphatic carbocycles. The Bertz CT molecular complexity index is 1090. The molecule has 5 rings (SSSR count). The average Bonchev–Trinajstić information content (AvgIpc) is 3.28. The van der Waals surface area contributed by atoms with Gasteiger partial charge in [-0.25, -0.2) is 4.98 Å². The molecule has 0 saturated carbocycles. The van der Waals surface area contributed by atoms with Crippen LogP contribution in [0.2, 0.25) is 0 Å². The van der Waals surface area contributed by atoms with E-state index < -0.39 is 0 Å². The number of benzene rings is 2. The number of anilines is 1. The molecule has 3 aromatic rings. The second-order valence-electron chi connectivity index (χ2n) is 7.81. The first-order valence-corrected chi connectivity index (χ1v) is 10.4. The number of piperazine rings is 1. The minimum Gasteiger partial charge on any atom is -0.444 e. The zero-order chi connectivity index (χ0) is 20.7. The van der Waals surface area contributed by atoms with Crippen molar-refractivity contribution in [2.75, 3.05) is 25.0 Å². The first kappa shape index (κ1) is 18.8. The number of carbonyl (C=O) groups is 1. The summed E-state index contributed by atoms with van der Waals surface area (Å²) < 4.78 is 5.33. The molecular formula is C23H22N4O2S. The summed E-state index contributed by atoms with van der Waals surface area (Å²) in [6.45, 7) is 3.89. The smallest absolute Gasteiger partial charge is 0.242 e. The Kier molecular flexibility index (Phi) is 4.75. The number of fused-ring (bicyclic) bond motifs is 3. The van der Waals surface area contributed by atoms with Gasteiger partial charge in [-0.15, -0.1) is 0 Å². The molecule has 2 aliphatic heterocycles. The zero-order valence-corrected chi connectivity index (χ0v) is 17.5. The lowest BCUT2D eigenvalue weighted by molar-refractivity contribution is -0.138. The minimum atomic E-state index is 0.0455. The van der Waals surface area contributed by atoms with Gasteiger partial charge in [-0.2, -0.15) is 0 Å². The lowest BCUT2D eigenvalue weighted by Gasteiger charge is -2.45. The Morgan fingerprint density at radius 2 is 2.07 bits per heavy atom. The van der Waals surface area contributed by atoms with Gasteiger partial charge in [0.2, 0.25) is 5.91 Å². The Hall–Kier alpha value is -3.19. The first-order valence-electron chi connectivity index (χ1n) is 10.0. The number of amides is 1. The van der Waals surface area contributed by atoms with E-state index in [0.717, 1.165) is 30.0 Å². The molecule has 1 saturated heterocycles. The van der Waals surface area contributed by atoms with Crippen molar-refractivity contribution in [1.29, 1.82) is 0 Å². The number of nitrogens with zero attached hydrogens (tertiary/aromatic N) is 3. The predicted molar refractivity (Wildman–Crippen MR) is 119 cm³/mol. The molecule has 2 aliphatic rings. The van der Waals surface area contributed by atoms with Crippen molar-refractivity contribution in [3.8, 4) is 11.3 Å². The van der Waals surface area contributed by atoms with Crippen LogP contribution in [-0.4, -0.2) is 45.4 Å². The summed E-state index contributed by atoms with van der Waals surface area (Å²) in [7, 11) is 0. The second kappa shape index (κ2) is 7.57. The summed E-state index contributed by atoms with van der Waals surface area (Å²) in [5.74, 6) is 0.847. The number of aromatic nitrogens is 1. The highest BCUT2D eigenvalue weighted by atomic mass is 32.1. The van der Waals surface area contributed by atoms with Gasteiger partial charge in [0.15, 0.2) is 17.3 Å². The Morgan fingerprint density at radius 1 is 1.23 bits per heavy atom. The van der Waals surface area contributed by atoms with E-state index in [9.17, 15) is 4.79 Å². The molecule has 1 N–H and O–H groups in total. The van der Waals surface area contributed by atoms with Crippen LogP contribution in [0, 0.1) is 6.92 Å². The van der Waals surface area contributed by atoms with Gasteiger partial charge in [0.1, 0.15) is 0 Å². The maximum atomic E-state index is 12.8. The van der Waals surface area contributed by atoms with Crippen LogP contribution in [0.25, 0.3) is 11.3 Å². The molecule has 3 heterocycles. The van der Waals surface area contributed by atoms with E-state index in [4.69, 9.17) is 16.6 Å². The number of nitrogens with one attached hydrogen (secondary N) is 1. The zero-order valence-electron chi connectivity index (χ0n) is 16.7. The van der Waals surface area contributed by atoms with Gasteiger partial charge >= 0.3 is 0 Å². The van der Waals surface area contributed by atoms with Crippen molar-refractivity contribution in [2.45, 2.75) is 19.4 Å². The van der Waals surface area contributed by atoms with Gasteiger partial charge in [0.25, 0.3) is 0 Å². The van der Waals surface area contributed by atoms with Crippen molar-refractivity contribution >= 4 is 28.9 Å². The highest BCUT2D eigenvalue weighted by Crippen LogP contribution is 2.34. The van der Waals surface area contributed by atoms with Crippen LogP contribution in [-0.2, 0) is 11.2 Å². The Labute approximate surface area is 180 Å². The van der Waals surface area contributed by atoms with E-state index in [0.29, 0.717) is 18.2 Å². The number of carbonyl (C=O) groups excluding carboxylic acids is 1. The standard InChI is InChI=1S/C23H22N4O2S/c1-15-2-7-19-17(10-15)8-9-27-20(19)12-26(13-22(27)28)23(30)25-18-5-3-16(4-6-18)21-11-24-14-29-21/h2-7,10-11,14,20H,8-9,12-13H2,1H3,(H,25,30). The van der Waals surface area contributed by atoms with E-state index >= 15 is 0 Å². The summed E-state index contributed by atoms with van der Waals surface area (Å²) in [6, 6.07) is 14.4. The second-order valence-corrected chi connectivity index (χ2v) is 8.20. The maximum absolute atomic E-state index is 12.8. The van der Waals surface area contributed by atoms with Gasteiger partial charge in [-0.1, -0.05) is 23.8 Å². The average molecular weight is 419 g/mol. The highest BCUT2D eigenvalue weighted by Gasteiger charge is 2.37. The Morgan fingerprint density at radius 3 is 2.83 bits per heavy atom. The molecule has 1 fully saturated rings. The minimum absolute atomic E-state index is 0.0455. The quantitative estimate of drug-likeness (QED) is 0.639. The molecule has 0 spiro atoms. The van der Waals surface area contributed by atoms with E-state index in [1.54, 1.807) is 6.20 Å². The maximum Gasteiger partial charge on any atom is 0.242 e. The largest absolute Gasteiger partial charge is 0.444 e. The van der Waals surface area contributed by atoms with Crippen LogP contribution in [0.4, 0.5) is 5.69 Å². The number of hydrogen-bond acceptors (Lipinski definition) is 4. The number of oxazole rings is 1. The first-order chi connectivity index (χ1) is 14.6. The fourth-order valence-electron chi connectivity index (χ4n) is 4.30. The van der Waals surface area contributed by atoms with Crippen molar-refractivity contribution < 1.29 is 9.21 Å². The summed E-state index contributed by atoms with van der Waals surface area (Å²) in [5.41, 5.74) is 5.66. The summed E-state index contributed by atoms with van der Waals surface area (Å²) in [6.07, 6.45) is 4.01. The number of aryl methyl sites for hydroxylation is 1. The molecule has 2 aromatic carbocycles. The molecule has 1 amide bonds. The number of hydrogen-bond donors (Lipinski definition) is 1. The van der Waals surface area contributed by atoms with E-state index in [-0.39, 0.29) is 11.9 Å². The normalized spacial score (nSPS) is 18.0. The predicted octanol–water partition coefficient (Wildman–Crippen LogP) is 3.79. The molecule has 7 heteroatoms. The molecule has 0 bridgehead atoms. The van der Waals surface area contributed by atoms with Crippen molar-refractivity contribution in [3.05, 3.63) is 71.7 Å². The monoisotopic (exact) mass is 418 g/mol. The van der Waals surface area contributed by atoms with E-state index in [2.05, 4.69) is 35.4 Å². The SMILES string of the molecule is Cc1ccc2c(c1)CCN1C(=O)CN(C(=S)Nc3ccc(-c4cnco4)cc3)CC21. The van der Waals surface area contributed by atoms with Crippen LogP contribution in [0.15, 0.2) is 59.5 Å². The molecule has 152 valence electrons. The van der Waals surface area contributed by atoms with Crippen molar-refractivity contribution in [1.82, 2.24) is 14.8 Å². The molecule has 0 radical (unpaired) electrons. The third-order valence-electron chi connectivity index (χ3n) is 5.84. The summed E-state index contributed by atoms with van der Waals surface area (Å²) in [4.78, 5) is 20.7. The van der Waals surface area contributed by atoms with Gasteiger partial charge in [-0.3, -0.25) is 4.79 Å². The van der Waals surface area contributed by atoms with Gasteiger partial charge < -0.3 is 19.5 Å². The number of thiocarbonyl (C=S) groups is 1. The van der Waals surface area contributed by atoms with Gasteiger partial charge in [0.05, 0.1) is 18.8 Å². The highest BCUT2D eigenvalue weighted by molar-refractivity contribution is 7.80. The topological polar surface area (TPSA) is 61.6 Å². The third kappa shape index (κ3) is 3.45. The lowest BCUT2D eigenvalue weighted by Crippen LogP contribution is -2.56. The molecule has 1 unspecified atom stereocenters.